The summed E-state index contributed by atoms with van der Waals surface area (Å²) >= 11 is 0. The summed E-state index contributed by atoms with van der Waals surface area (Å²) in [7, 11) is -3.41. The van der Waals surface area contributed by atoms with Crippen molar-refractivity contribution in [1.29, 1.82) is 0 Å². The molecule has 2 aromatic carbocycles. The fourth-order valence-corrected chi connectivity index (χ4v) is 4.28. The highest BCUT2D eigenvalue weighted by Gasteiger charge is 2.18. The van der Waals surface area contributed by atoms with Crippen molar-refractivity contribution in [1.82, 2.24) is 5.32 Å². The molecular formula is C23H32N2O3S. The quantitative estimate of drug-likeness (QED) is 0.658. The van der Waals surface area contributed by atoms with Gasteiger partial charge in [-0.1, -0.05) is 37.3 Å². The fourth-order valence-electron chi connectivity index (χ4n) is 3.32. The first-order chi connectivity index (χ1) is 13.6. The molecule has 0 saturated heterocycles. The predicted octanol–water partition coefficient (Wildman–Crippen LogP) is 4.43. The van der Waals surface area contributed by atoms with Gasteiger partial charge in [-0.2, -0.15) is 0 Å². The number of anilines is 1. The van der Waals surface area contributed by atoms with Crippen LogP contribution in [0.1, 0.15) is 54.5 Å². The lowest BCUT2D eigenvalue weighted by Gasteiger charge is -2.23. The van der Waals surface area contributed by atoms with Crippen LogP contribution in [0, 0.1) is 20.8 Å². The number of amides is 1. The molecule has 1 atom stereocenters. The molecule has 0 aliphatic rings. The minimum Gasteiger partial charge on any atom is -0.349 e. The van der Waals surface area contributed by atoms with Crippen LogP contribution in [-0.2, 0) is 14.8 Å². The molecule has 0 radical (unpaired) electrons. The summed E-state index contributed by atoms with van der Waals surface area (Å²) in [6.45, 7) is 8.38. The second-order valence-corrected chi connectivity index (χ2v) is 9.56. The molecule has 1 amide bonds. The van der Waals surface area contributed by atoms with Gasteiger partial charge in [-0.3, -0.25) is 9.10 Å². The Morgan fingerprint density at radius 3 is 2.38 bits per heavy atom. The molecule has 0 aromatic heterocycles. The van der Waals surface area contributed by atoms with E-state index in [-0.39, 0.29) is 24.9 Å². The van der Waals surface area contributed by atoms with Gasteiger partial charge in [0.25, 0.3) is 0 Å². The van der Waals surface area contributed by atoms with E-state index in [0.717, 1.165) is 17.5 Å². The third kappa shape index (κ3) is 6.60. The van der Waals surface area contributed by atoms with Gasteiger partial charge in [-0.05, 0) is 68.0 Å². The number of rotatable bonds is 9. The summed E-state index contributed by atoms with van der Waals surface area (Å²) < 4.78 is 25.8. The van der Waals surface area contributed by atoms with E-state index in [1.165, 1.54) is 21.7 Å². The predicted molar refractivity (Wildman–Crippen MR) is 120 cm³/mol. The van der Waals surface area contributed by atoms with Crippen LogP contribution in [0.3, 0.4) is 0 Å². The van der Waals surface area contributed by atoms with E-state index >= 15 is 0 Å². The van der Waals surface area contributed by atoms with Crippen LogP contribution in [0.2, 0.25) is 0 Å². The molecule has 2 aromatic rings. The maximum Gasteiger partial charge on any atom is 0.232 e. The molecule has 2 rings (SSSR count). The SMILES string of the molecule is CCC(NC(=O)CCCN(c1cccc(C)c1)S(C)(=O)=O)c1ccc(C)c(C)c1. The lowest BCUT2D eigenvalue weighted by Crippen LogP contribution is -2.33. The van der Waals surface area contributed by atoms with Crippen LogP contribution < -0.4 is 9.62 Å². The maximum atomic E-state index is 12.5. The number of sulfonamides is 1. The molecule has 0 fully saturated rings. The van der Waals surface area contributed by atoms with Gasteiger partial charge in [-0.25, -0.2) is 8.42 Å². The Labute approximate surface area is 175 Å². The van der Waals surface area contributed by atoms with Crippen molar-refractivity contribution in [2.75, 3.05) is 17.1 Å². The average Bonchev–Trinajstić information content (AvgIpc) is 2.64. The molecule has 1 unspecified atom stereocenters. The first kappa shape index (κ1) is 22.9. The molecular weight excluding hydrogens is 384 g/mol. The summed E-state index contributed by atoms with van der Waals surface area (Å²) in [4.78, 5) is 12.5. The number of nitrogens with zero attached hydrogens (tertiary/aromatic N) is 1. The molecule has 0 bridgehead atoms. The van der Waals surface area contributed by atoms with Crippen LogP contribution in [0.5, 0.6) is 0 Å². The Morgan fingerprint density at radius 2 is 1.79 bits per heavy atom. The largest absolute Gasteiger partial charge is 0.349 e. The van der Waals surface area contributed by atoms with E-state index in [4.69, 9.17) is 0 Å². The van der Waals surface area contributed by atoms with E-state index in [1.807, 2.05) is 32.0 Å². The summed E-state index contributed by atoms with van der Waals surface area (Å²) in [5, 5.41) is 3.08. The normalized spacial score (nSPS) is 12.4. The minimum atomic E-state index is -3.41. The number of carbonyl (C=O) groups is 1. The van der Waals surface area contributed by atoms with E-state index in [2.05, 4.69) is 37.4 Å². The van der Waals surface area contributed by atoms with Crippen LogP contribution in [0.15, 0.2) is 42.5 Å². The molecule has 29 heavy (non-hydrogen) atoms. The highest BCUT2D eigenvalue weighted by molar-refractivity contribution is 7.92. The summed E-state index contributed by atoms with van der Waals surface area (Å²) in [6.07, 6.45) is 2.73. The summed E-state index contributed by atoms with van der Waals surface area (Å²) in [6, 6.07) is 13.6. The number of hydrogen-bond donors (Lipinski definition) is 1. The summed E-state index contributed by atoms with van der Waals surface area (Å²) in [5.74, 6) is -0.0622. The Kier molecular flexibility index (Phi) is 7.85. The third-order valence-electron chi connectivity index (χ3n) is 5.13. The molecule has 0 heterocycles. The van der Waals surface area contributed by atoms with Gasteiger partial charge < -0.3 is 5.32 Å². The minimum absolute atomic E-state index is 0.0374. The Hall–Kier alpha value is -2.34. The van der Waals surface area contributed by atoms with Crippen molar-refractivity contribution in [3.05, 3.63) is 64.7 Å². The smallest absolute Gasteiger partial charge is 0.232 e. The Bertz CT molecular complexity index is 954. The lowest BCUT2D eigenvalue weighted by atomic mass is 9.99. The highest BCUT2D eigenvalue weighted by Crippen LogP contribution is 2.21. The molecule has 5 nitrogen and oxygen atoms in total. The second-order valence-electron chi connectivity index (χ2n) is 7.65. The van der Waals surface area contributed by atoms with Gasteiger partial charge in [0.15, 0.2) is 0 Å². The van der Waals surface area contributed by atoms with Crippen molar-refractivity contribution < 1.29 is 13.2 Å². The maximum absolute atomic E-state index is 12.5. The molecule has 0 spiro atoms. The zero-order chi connectivity index (χ0) is 21.6. The van der Waals surface area contributed by atoms with Crippen LogP contribution in [0.25, 0.3) is 0 Å². The molecule has 6 heteroatoms. The van der Waals surface area contributed by atoms with Gasteiger partial charge in [0.2, 0.25) is 15.9 Å². The average molecular weight is 417 g/mol. The molecule has 1 N–H and O–H groups in total. The number of benzene rings is 2. The Morgan fingerprint density at radius 1 is 1.07 bits per heavy atom. The Balaban J connectivity index is 1.98. The zero-order valence-corrected chi connectivity index (χ0v) is 18.8. The first-order valence-corrected chi connectivity index (χ1v) is 11.9. The lowest BCUT2D eigenvalue weighted by molar-refractivity contribution is -0.121. The van der Waals surface area contributed by atoms with Gasteiger partial charge >= 0.3 is 0 Å². The van der Waals surface area contributed by atoms with E-state index in [0.29, 0.717) is 12.1 Å². The van der Waals surface area contributed by atoms with Crippen LogP contribution >= 0.6 is 0 Å². The number of aryl methyl sites for hydroxylation is 3. The first-order valence-electron chi connectivity index (χ1n) is 10.0. The van der Waals surface area contributed by atoms with Crippen molar-refractivity contribution in [2.24, 2.45) is 0 Å². The number of hydrogen-bond acceptors (Lipinski definition) is 3. The third-order valence-corrected chi connectivity index (χ3v) is 6.33. The fraction of sp³-hybridized carbons (Fsp3) is 0.435. The van der Waals surface area contributed by atoms with Crippen molar-refractivity contribution in [3.8, 4) is 0 Å². The molecule has 0 aliphatic heterocycles. The highest BCUT2D eigenvalue weighted by atomic mass is 32.2. The van der Waals surface area contributed by atoms with E-state index in [1.54, 1.807) is 6.07 Å². The van der Waals surface area contributed by atoms with E-state index in [9.17, 15) is 13.2 Å². The zero-order valence-electron chi connectivity index (χ0n) is 18.0. The van der Waals surface area contributed by atoms with Crippen molar-refractivity contribution in [2.45, 2.75) is 53.0 Å². The van der Waals surface area contributed by atoms with Crippen molar-refractivity contribution in [3.63, 3.8) is 0 Å². The van der Waals surface area contributed by atoms with Gasteiger partial charge in [0.1, 0.15) is 0 Å². The standard InChI is InChI=1S/C23H32N2O3S/c1-6-22(20-13-12-18(3)19(4)16-20)24-23(26)11-8-14-25(29(5,27)28)21-10-7-9-17(2)15-21/h7,9-10,12-13,15-16,22H,6,8,11,14H2,1-5H3,(H,24,26). The number of carbonyl (C=O) groups excluding carboxylic acids is 1. The van der Waals surface area contributed by atoms with Gasteiger partial charge in [-0.15, -0.1) is 0 Å². The molecule has 158 valence electrons. The van der Waals surface area contributed by atoms with Crippen molar-refractivity contribution >= 4 is 21.6 Å². The second kappa shape index (κ2) is 9.92. The van der Waals surface area contributed by atoms with Crippen LogP contribution in [-0.4, -0.2) is 27.1 Å². The van der Waals surface area contributed by atoms with Gasteiger partial charge in [0, 0.05) is 13.0 Å². The van der Waals surface area contributed by atoms with E-state index < -0.39 is 10.0 Å². The van der Waals surface area contributed by atoms with Crippen LogP contribution in [0.4, 0.5) is 5.69 Å². The monoisotopic (exact) mass is 416 g/mol. The topological polar surface area (TPSA) is 66.5 Å². The van der Waals surface area contributed by atoms with Gasteiger partial charge in [0.05, 0.1) is 18.0 Å². The number of nitrogens with one attached hydrogen (secondary N) is 1. The molecule has 0 aliphatic carbocycles. The molecule has 0 saturated carbocycles. The summed E-state index contributed by atoms with van der Waals surface area (Å²) in [5.41, 5.74) is 5.16.